The molecule has 0 aliphatic heterocycles. The average Bonchev–Trinajstić information content (AvgIpc) is 2.52. The van der Waals surface area contributed by atoms with Gasteiger partial charge in [-0.2, -0.15) is 0 Å². The Morgan fingerprint density at radius 2 is 1.76 bits per heavy atom. The van der Waals surface area contributed by atoms with Gasteiger partial charge in [-0.05, 0) is 26.0 Å². The molecule has 2 aromatic rings. The molecule has 0 aliphatic rings. The van der Waals surface area contributed by atoms with Gasteiger partial charge in [0.2, 0.25) is 0 Å². The first kappa shape index (κ1) is 18.7. The van der Waals surface area contributed by atoms with E-state index in [1.807, 2.05) is 0 Å². The fourth-order valence-corrected chi connectivity index (χ4v) is 1.96. The van der Waals surface area contributed by atoms with E-state index in [-0.39, 0.29) is 18.1 Å². The van der Waals surface area contributed by atoms with Crippen molar-refractivity contribution in [2.24, 2.45) is 0 Å². The summed E-state index contributed by atoms with van der Waals surface area (Å²) in [6, 6.07) is 3.60. The molecule has 0 radical (unpaired) electrons. The van der Waals surface area contributed by atoms with Gasteiger partial charge in [0.15, 0.2) is 0 Å². The highest BCUT2D eigenvalue weighted by atomic mass is 19.1. The van der Waals surface area contributed by atoms with Crippen LogP contribution in [-0.4, -0.2) is 35.4 Å². The lowest BCUT2D eigenvalue weighted by atomic mass is 10.1. The molecule has 0 saturated carbocycles. The van der Waals surface area contributed by atoms with Crippen molar-refractivity contribution in [3.05, 3.63) is 47.4 Å². The summed E-state index contributed by atoms with van der Waals surface area (Å²) in [5.41, 5.74) is -2.89. The summed E-state index contributed by atoms with van der Waals surface area (Å²) in [7, 11) is 1.10. The van der Waals surface area contributed by atoms with Gasteiger partial charge in [0, 0.05) is 12.1 Å². The number of aliphatic hydroxyl groups is 1. The lowest BCUT2D eigenvalue weighted by molar-refractivity contribution is 0.0282. The normalized spacial score (nSPS) is 11.3. The molecule has 0 unspecified atom stereocenters. The number of hydrogen-bond acceptors (Lipinski definition) is 5. The van der Waals surface area contributed by atoms with Crippen LogP contribution in [0.25, 0.3) is 11.3 Å². The number of benzene rings is 1. The molecular formula is C17H16F3NO4. The third-order valence-corrected chi connectivity index (χ3v) is 3.09. The Hall–Kier alpha value is -2.61. The number of aromatic nitrogens is 1. The minimum Gasteiger partial charge on any atom is -0.490 e. The van der Waals surface area contributed by atoms with Crippen molar-refractivity contribution < 1.29 is 32.5 Å². The molecule has 5 nitrogen and oxygen atoms in total. The largest absolute Gasteiger partial charge is 0.490 e. The average molecular weight is 355 g/mol. The van der Waals surface area contributed by atoms with E-state index in [4.69, 9.17) is 4.74 Å². The molecule has 1 aromatic carbocycles. The highest BCUT2D eigenvalue weighted by Gasteiger charge is 2.22. The molecule has 0 saturated heterocycles. The number of ether oxygens (including phenoxy) is 2. The summed E-state index contributed by atoms with van der Waals surface area (Å²) in [5.74, 6) is -4.30. The standard InChI is InChI=1S/C17H16F3NO4/c1-17(2,23)8-25-9-6-11(19)14(12(20)7-9)15-10(18)4-5-13(21-15)16(22)24-3/h4-7,23H,8H2,1-3H3. The van der Waals surface area contributed by atoms with Gasteiger partial charge in [-0.1, -0.05) is 0 Å². The zero-order valence-corrected chi connectivity index (χ0v) is 13.8. The monoisotopic (exact) mass is 355 g/mol. The molecule has 1 heterocycles. The molecular weight excluding hydrogens is 339 g/mol. The Labute approximate surface area is 142 Å². The first-order chi connectivity index (χ1) is 11.6. The summed E-state index contributed by atoms with van der Waals surface area (Å²) in [4.78, 5) is 15.1. The van der Waals surface area contributed by atoms with Gasteiger partial charge in [-0.25, -0.2) is 22.9 Å². The molecule has 0 aliphatic carbocycles. The summed E-state index contributed by atoms with van der Waals surface area (Å²) in [5, 5.41) is 9.58. The van der Waals surface area contributed by atoms with E-state index in [0.717, 1.165) is 31.4 Å². The highest BCUT2D eigenvalue weighted by Crippen LogP contribution is 2.30. The first-order valence-corrected chi connectivity index (χ1v) is 7.22. The van der Waals surface area contributed by atoms with Crippen LogP contribution in [0.15, 0.2) is 24.3 Å². The maximum atomic E-state index is 14.3. The first-order valence-electron chi connectivity index (χ1n) is 7.22. The third-order valence-electron chi connectivity index (χ3n) is 3.09. The number of carbonyl (C=O) groups excluding carboxylic acids is 1. The number of rotatable bonds is 5. The molecule has 0 bridgehead atoms. The second-order valence-corrected chi connectivity index (χ2v) is 5.88. The van der Waals surface area contributed by atoms with Crippen molar-refractivity contribution in [2.75, 3.05) is 13.7 Å². The van der Waals surface area contributed by atoms with E-state index in [1.165, 1.54) is 13.8 Å². The predicted molar refractivity (Wildman–Crippen MR) is 82.7 cm³/mol. The van der Waals surface area contributed by atoms with Gasteiger partial charge in [0.1, 0.15) is 41.2 Å². The zero-order valence-electron chi connectivity index (χ0n) is 13.8. The molecule has 134 valence electrons. The van der Waals surface area contributed by atoms with E-state index >= 15 is 0 Å². The Bertz CT molecular complexity index is 780. The van der Waals surface area contributed by atoms with Crippen LogP contribution in [0.5, 0.6) is 5.75 Å². The third kappa shape index (κ3) is 4.48. The molecule has 0 amide bonds. The topological polar surface area (TPSA) is 68.7 Å². The molecule has 0 atom stereocenters. The molecule has 0 fully saturated rings. The zero-order chi connectivity index (χ0) is 18.8. The van der Waals surface area contributed by atoms with Crippen LogP contribution in [0.4, 0.5) is 13.2 Å². The minimum absolute atomic E-state index is 0.176. The van der Waals surface area contributed by atoms with Crippen LogP contribution >= 0.6 is 0 Å². The SMILES string of the molecule is COC(=O)c1ccc(F)c(-c2c(F)cc(OCC(C)(C)O)cc2F)n1. The number of pyridine rings is 1. The van der Waals surface area contributed by atoms with Gasteiger partial charge in [0.25, 0.3) is 0 Å². The highest BCUT2D eigenvalue weighted by molar-refractivity contribution is 5.87. The minimum atomic E-state index is -1.20. The fourth-order valence-electron chi connectivity index (χ4n) is 1.96. The summed E-state index contributed by atoms with van der Waals surface area (Å²) in [6.07, 6.45) is 0. The smallest absolute Gasteiger partial charge is 0.356 e. The summed E-state index contributed by atoms with van der Waals surface area (Å²) >= 11 is 0. The number of hydrogen-bond donors (Lipinski definition) is 1. The molecule has 8 heteroatoms. The quantitative estimate of drug-likeness (QED) is 0.835. The van der Waals surface area contributed by atoms with Crippen molar-refractivity contribution in [3.63, 3.8) is 0 Å². The van der Waals surface area contributed by atoms with Crippen molar-refractivity contribution in [1.82, 2.24) is 4.98 Å². The van der Waals surface area contributed by atoms with Crippen molar-refractivity contribution >= 4 is 5.97 Å². The summed E-state index contributed by atoms with van der Waals surface area (Å²) < 4.78 is 52.2. The Morgan fingerprint density at radius 3 is 2.28 bits per heavy atom. The van der Waals surface area contributed by atoms with Crippen molar-refractivity contribution in [3.8, 4) is 17.0 Å². The van der Waals surface area contributed by atoms with Gasteiger partial charge >= 0.3 is 5.97 Å². The van der Waals surface area contributed by atoms with Crippen LogP contribution in [0.1, 0.15) is 24.3 Å². The molecule has 0 spiro atoms. The lowest BCUT2D eigenvalue weighted by Gasteiger charge is -2.18. The van der Waals surface area contributed by atoms with Crippen LogP contribution < -0.4 is 4.74 Å². The van der Waals surface area contributed by atoms with E-state index in [1.54, 1.807) is 0 Å². The lowest BCUT2D eigenvalue weighted by Crippen LogP contribution is -2.27. The summed E-state index contributed by atoms with van der Waals surface area (Å²) in [6.45, 7) is 2.73. The van der Waals surface area contributed by atoms with E-state index < -0.39 is 40.3 Å². The van der Waals surface area contributed by atoms with Crippen LogP contribution in [0, 0.1) is 17.5 Å². The van der Waals surface area contributed by atoms with Gasteiger partial charge < -0.3 is 14.6 Å². The maximum absolute atomic E-state index is 14.3. The van der Waals surface area contributed by atoms with Crippen LogP contribution in [0.2, 0.25) is 0 Å². The van der Waals surface area contributed by atoms with E-state index in [0.29, 0.717) is 0 Å². The van der Waals surface area contributed by atoms with E-state index in [2.05, 4.69) is 9.72 Å². The Morgan fingerprint density at radius 1 is 1.16 bits per heavy atom. The molecule has 2 rings (SSSR count). The fraction of sp³-hybridized carbons (Fsp3) is 0.294. The molecule has 1 N–H and O–H groups in total. The number of esters is 1. The Kier molecular flexibility index (Phi) is 5.32. The van der Waals surface area contributed by atoms with Gasteiger partial charge in [-0.15, -0.1) is 0 Å². The van der Waals surface area contributed by atoms with Crippen molar-refractivity contribution in [1.29, 1.82) is 0 Å². The maximum Gasteiger partial charge on any atom is 0.356 e. The second-order valence-electron chi connectivity index (χ2n) is 5.88. The number of methoxy groups -OCH3 is 1. The molecule has 1 aromatic heterocycles. The number of halogens is 3. The van der Waals surface area contributed by atoms with Crippen LogP contribution in [0.3, 0.4) is 0 Å². The number of carbonyl (C=O) groups is 1. The molecule has 25 heavy (non-hydrogen) atoms. The van der Waals surface area contributed by atoms with Gasteiger partial charge in [-0.3, -0.25) is 0 Å². The number of nitrogens with zero attached hydrogens (tertiary/aromatic N) is 1. The van der Waals surface area contributed by atoms with Crippen molar-refractivity contribution in [2.45, 2.75) is 19.4 Å². The second kappa shape index (κ2) is 7.10. The van der Waals surface area contributed by atoms with E-state index in [9.17, 15) is 23.1 Å². The van der Waals surface area contributed by atoms with Crippen LogP contribution in [-0.2, 0) is 4.74 Å². The Balaban J connectivity index is 2.45. The predicted octanol–water partition coefficient (Wildman–Crippen LogP) is 3.10. The van der Waals surface area contributed by atoms with Gasteiger partial charge in [0.05, 0.1) is 18.3 Å².